The minimum Gasteiger partial charge on any atom is -0.383 e. The van der Waals surface area contributed by atoms with Crippen molar-refractivity contribution in [3.05, 3.63) is 56.2 Å². The quantitative estimate of drug-likeness (QED) is 0.521. The molecular formula is C22H27N5O3S. The second-order valence-electron chi connectivity index (χ2n) is 7.69. The zero-order valence-electron chi connectivity index (χ0n) is 17.9. The average molecular weight is 442 g/mol. The molecule has 0 unspecified atom stereocenters. The van der Waals surface area contributed by atoms with Crippen molar-refractivity contribution in [1.82, 2.24) is 14.5 Å². The van der Waals surface area contributed by atoms with Gasteiger partial charge in [-0.1, -0.05) is 39.3 Å². The number of aromatic amines is 1. The first-order valence-corrected chi connectivity index (χ1v) is 11.1. The number of nitrogens with zero attached hydrogens (tertiary/aromatic N) is 3. The van der Waals surface area contributed by atoms with E-state index in [1.54, 1.807) is 6.08 Å². The maximum Gasteiger partial charge on any atom is 0.330 e. The molecule has 2 aromatic heterocycles. The van der Waals surface area contributed by atoms with Gasteiger partial charge in [0.2, 0.25) is 0 Å². The van der Waals surface area contributed by atoms with Gasteiger partial charge in [-0.05, 0) is 30.5 Å². The summed E-state index contributed by atoms with van der Waals surface area (Å²) in [6.07, 6.45) is 4.61. The van der Waals surface area contributed by atoms with Crippen LogP contribution in [-0.2, 0) is 11.3 Å². The third kappa shape index (κ3) is 5.11. The van der Waals surface area contributed by atoms with Crippen LogP contribution in [0.5, 0.6) is 0 Å². The van der Waals surface area contributed by atoms with Crippen molar-refractivity contribution in [3.8, 4) is 0 Å². The van der Waals surface area contributed by atoms with Gasteiger partial charge in [-0.2, -0.15) is 0 Å². The molecule has 8 nitrogen and oxygen atoms in total. The first-order chi connectivity index (χ1) is 14.8. The van der Waals surface area contributed by atoms with Crippen LogP contribution >= 0.6 is 11.3 Å². The lowest BCUT2D eigenvalue weighted by molar-refractivity contribution is -0.114. The Balaban J connectivity index is 1.98. The van der Waals surface area contributed by atoms with E-state index in [0.717, 1.165) is 23.1 Å². The largest absolute Gasteiger partial charge is 0.383 e. The molecule has 9 heteroatoms. The third-order valence-electron chi connectivity index (χ3n) is 4.71. The molecule has 0 saturated heterocycles. The molecule has 0 saturated carbocycles. The molecule has 3 aromatic rings. The molecule has 3 rings (SSSR count). The van der Waals surface area contributed by atoms with Gasteiger partial charge >= 0.3 is 5.69 Å². The molecule has 1 amide bonds. The first-order valence-electron chi connectivity index (χ1n) is 10.3. The second-order valence-corrected chi connectivity index (χ2v) is 8.76. The van der Waals surface area contributed by atoms with Crippen molar-refractivity contribution in [3.63, 3.8) is 0 Å². The van der Waals surface area contributed by atoms with Crippen molar-refractivity contribution in [2.45, 2.75) is 40.2 Å². The summed E-state index contributed by atoms with van der Waals surface area (Å²) in [4.78, 5) is 46.1. The molecule has 0 bridgehead atoms. The zero-order valence-corrected chi connectivity index (χ0v) is 18.7. The lowest BCUT2D eigenvalue weighted by Crippen LogP contribution is -2.42. The summed E-state index contributed by atoms with van der Waals surface area (Å²) < 4.78 is 2.34. The van der Waals surface area contributed by atoms with Gasteiger partial charge < -0.3 is 10.6 Å². The predicted octanol–water partition coefficient (Wildman–Crippen LogP) is 3.23. The minimum absolute atomic E-state index is 0.00310. The number of rotatable bonds is 8. The predicted molar refractivity (Wildman–Crippen MR) is 126 cm³/mol. The number of amides is 1. The van der Waals surface area contributed by atoms with Crippen LogP contribution < -0.4 is 21.9 Å². The lowest BCUT2D eigenvalue weighted by Gasteiger charge is -2.25. The maximum absolute atomic E-state index is 13.1. The van der Waals surface area contributed by atoms with Crippen LogP contribution in [0.25, 0.3) is 16.3 Å². The number of aromatic nitrogens is 3. The van der Waals surface area contributed by atoms with E-state index in [4.69, 9.17) is 5.73 Å². The fraction of sp³-hybridized carbons (Fsp3) is 0.364. The number of benzene rings is 1. The first kappa shape index (κ1) is 22.5. The van der Waals surface area contributed by atoms with Gasteiger partial charge in [0, 0.05) is 19.2 Å². The maximum atomic E-state index is 13.1. The van der Waals surface area contributed by atoms with E-state index < -0.39 is 17.2 Å². The molecule has 31 heavy (non-hydrogen) atoms. The number of anilines is 2. The number of hydrogen-bond donors (Lipinski definition) is 2. The second kappa shape index (κ2) is 9.74. The standard InChI is InChI=1S/C22H27N5O3S/c1-4-5-12-26-20(23)19(21(29)25-22(26)30)27(13-14(2)3)18(28)11-10-17-24-15-8-6-7-9-16(15)31-17/h6-11,14H,4-5,12-13,23H2,1-3H3,(H,25,29,30)/b11-10+. The Morgan fingerprint density at radius 1 is 1.32 bits per heavy atom. The molecule has 0 aliphatic heterocycles. The summed E-state index contributed by atoms with van der Waals surface area (Å²) in [5.74, 6) is -0.315. The van der Waals surface area contributed by atoms with Crippen molar-refractivity contribution in [2.24, 2.45) is 5.92 Å². The number of nitrogens with one attached hydrogen (secondary N) is 1. The number of para-hydroxylation sites is 1. The van der Waals surface area contributed by atoms with Gasteiger partial charge in [-0.25, -0.2) is 9.78 Å². The SMILES string of the molecule is CCCCn1c(N)c(N(CC(C)C)C(=O)/C=C/c2nc3ccccc3s2)c(=O)[nH]c1=O. The van der Waals surface area contributed by atoms with Crippen molar-refractivity contribution < 1.29 is 4.79 Å². The Kier molecular flexibility index (Phi) is 7.06. The zero-order chi connectivity index (χ0) is 22.5. The molecular weight excluding hydrogens is 414 g/mol. The number of nitrogen functional groups attached to an aromatic ring is 1. The van der Waals surface area contributed by atoms with E-state index in [0.29, 0.717) is 11.6 Å². The Bertz CT molecular complexity index is 1190. The van der Waals surface area contributed by atoms with E-state index in [-0.39, 0.29) is 24.0 Å². The van der Waals surface area contributed by atoms with E-state index in [1.165, 1.54) is 26.9 Å². The van der Waals surface area contributed by atoms with Crippen LogP contribution in [-0.4, -0.2) is 27.0 Å². The number of nitrogens with two attached hydrogens (primary N) is 1. The van der Waals surface area contributed by atoms with Gasteiger partial charge in [0.15, 0.2) is 5.69 Å². The monoisotopic (exact) mass is 441 g/mol. The van der Waals surface area contributed by atoms with Crippen LogP contribution in [0, 0.1) is 5.92 Å². The molecule has 164 valence electrons. The Labute approximate surface area is 184 Å². The number of H-pyrrole nitrogens is 1. The van der Waals surface area contributed by atoms with Crippen molar-refractivity contribution >= 4 is 45.0 Å². The summed E-state index contributed by atoms with van der Waals surface area (Å²) in [5.41, 5.74) is 5.84. The Hall–Kier alpha value is -3.20. The van der Waals surface area contributed by atoms with Crippen molar-refractivity contribution in [2.75, 3.05) is 17.2 Å². The third-order valence-corrected chi connectivity index (χ3v) is 5.71. The highest BCUT2D eigenvalue weighted by Crippen LogP contribution is 2.23. The topological polar surface area (TPSA) is 114 Å². The fourth-order valence-corrected chi connectivity index (χ4v) is 4.10. The summed E-state index contributed by atoms with van der Waals surface area (Å²) >= 11 is 1.47. The van der Waals surface area contributed by atoms with E-state index in [9.17, 15) is 14.4 Å². The number of fused-ring (bicyclic) bond motifs is 1. The van der Waals surface area contributed by atoms with E-state index in [1.807, 2.05) is 45.0 Å². The molecule has 0 aliphatic rings. The normalized spacial score (nSPS) is 11.6. The molecule has 3 N–H and O–H groups in total. The number of carbonyl (C=O) groups excluding carboxylic acids is 1. The molecule has 0 radical (unpaired) electrons. The number of hydrogen-bond acceptors (Lipinski definition) is 6. The molecule has 0 fully saturated rings. The number of thiazole rings is 1. The highest BCUT2D eigenvalue weighted by Gasteiger charge is 2.23. The summed E-state index contributed by atoms with van der Waals surface area (Å²) in [6.45, 7) is 6.53. The van der Waals surface area contributed by atoms with Crippen LogP contribution in [0.2, 0.25) is 0 Å². The number of unbranched alkanes of at least 4 members (excludes halogenated alkanes) is 1. The molecule has 0 aliphatic carbocycles. The van der Waals surface area contributed by atoms with Crippen LogP contribution in [0.3, 0.4) is 0 Å². The Morgan fingerprint density at radius 3 is 2.74 bits per heavy atom. The van der Waals surface area contributed by atoms with Gasteiger partial charge in [0.05, 0.1) is 10.2 Å². The van der Waals surface area contributed by atoms with Gasteiger partial charge in [-0.15, -0.1) is 11.3 Å². The molecule has 2 heterocycles. The summed E-state index contributed by atoms with van der Waals surface area (Å²) in [6, 6.07) is 7.73. The van der Waals surface area contributed by atoms with Crippen molar-refractivity contribution in [1.29, 1.82) is 0 Å². The fourth-order valence-electron chi connectivity index (χ4n) is 3.23. The molecule has 0 spiro atoms. The minimum atomic E-state index is -0.669. The van der Waals surface area contributed by atoms with Gasteiger partial charge in [0.25, 0.3) is 11.5 Å². The van der Waals surface area contributed by atoms with Crippen LogP contribution in [0.4, 0.5) is 11.5 Å². The van der Waals surface area contributed by atoms with E-state index in [2.05, 4.69) is 9.97 Å². The molecule has 1 aromatic carbocycles. The lowest BCUT2D eigenvalue weighted by atomic mass is 10.2. The van der Waals surface area contributed by atoms with Crippen LogP contribution in [0.1, 0.15) is 38.6 Å². The average Bonchev–Trinajstić information content (AvgIpc) is 3.13. The smallest absolute Gasteiger partial charge is 0.330 e. The summed E-state index contributed by atoms with van der Waals surface area (Å²) in [7, 11) is 0. The Morgan fingerprint density at radius 2 is 2.06 bits per heavy atom. The van der Waals surface area contributed by atoms with Crippen LogP contribution in [0.15, 0.2) is 39.9 Å². The van der Waals surface area contributed by atoms with E-state index >= 15 is 0 Å². The molecule has 0 atom stereocenters. The van der Waals surface area contributed by atoms with Gasteiger partial charge in [-0.3, -0.25) is 19.1 Å². The highest BCUT2D eigenvalue weighted by atomic mass is 32.1. The van der Waals surface area contributed by atoms with Gasteiger partial charge in [0.1, 0.15) is 10.8 Å². The highest BCUT2D eigenvalue weighted by molar-refractivity contribution is 7.19. The number of carbonyl (C=O) groups is 1. The summed E-state index contributed by atoms with van der Waals surface area (Å²) in [5, 5.41) is 0.689.